The molecule has 98 valence electrons. The molecule has 1 amide bonds. The van der Waals surface area contributed by atoms with E-state index in [0.717, 1.165) is 31.8 Å². The first-order valence-electron chi connectivity index (χ1n) is 6.84. The molecule has 0 aromatic carbocycles. The number of hydrogen-bond donors (Lipinski definition) is 2. The molecule has 3 rings (SSSR count). The van der Waals surface area contributed by atoms with Crippen molar-refractivity contribution in [3.05, 3.63) is 18.2 Å². The fraction of sp³-hybridized carbons (Fsp3) is 0.692. The van der Waals surface area contributed by atoms with Gasteiger partial charge < -0.3 is 15.2 Å². The Morgan fingerprint density at radius 1 is 1.39 bits per heavy atom. The molecule has 0 atom stereocenters. The summed E-state index contributed by atoms with van der Waals surface area (Å²) in [5.74, 6) is 1.00. The van der Waals surface area contributed by atoms with Crippen LogP contribution in [0.3, 0.4) is 0 Å². The lowest BCUT2D eigenvalue weighted by Gasteiger charge is -2.32. The summed E-state index contributed by atoms with van der Waals surface area (Å²) in [6.07, 6.45) is 8.06. The second kappa shape index (κ2) is 5.10. The maximum absolute atomic E-state index is 12.1. The molecule has 2 fully saturated rings. The van der Waals surface area contributed by atoms with Crippen LogP contribution in [0.15, 0.2) is 12.5 Å². The highest BCUT2D eigenvalue weighted by Gasteiger charge is 2.26. The largest absolute Gasteiger partial charge is 0.341 e. The zero-order chi connectivity index (χ0) is 12.4. The highest BCUT2D eigenvalue weighted by Crippen LogP contribution is 2.28. The minimum Gasteiger partial charge on any atom is -0.341 e. The quantitative estimate of drug-likeness (QED) is 0.836. The number of likely N-dealkylation sites (tertiary alicyclic amines) is 1. The fourth-order valence-corrected chi connectivity index (χ4v) is 2.49. The maximum atomic E-state index is 12.1. The van der Waals surface area contributed by atoms with Crippen molar-refractivity contribution in [2.24, 2.45) is 5.92 Å². The van der Waals surface area contributed by atoms with Gasteiger partial charge in [0, 0.05) is 19.1 Å². The third-order valence-electron chi connectivity index (χ3n) is 3.90. The number of aromatic nitrogens is 2. The summed E-state index contributed by atoms with van der Waals surface area (Å²) in [5.41, 5.74) is 0.597. The molecule has 0 radical (unpaired) electrons. The molecule has 1 saturated heterocycles. The van der Waals surface area contributed by atoms with E-state index in [1.807, 2.05) is 4.90 Å². The Hall–Kier alpha value is -1.36. The molecular weight excluding hydrogens is 228 g/mol. The number of nitrogens with zero attached hydrogens (tertiary/aromatic N) is 2. The van der Waals surface area contributed by atoms with Gasteiger partial charge in [-0.3, -0.25) is 4.79 Å². The standard InChI is InChI=1S/C13H20N4O/c18-13(12-8-14-9-16-12)17-5-3-11(4-6-17)15-7-10-1-2-10/h8-11,15H,1-7H2,(H,14,16). The van der Waals surface area contributed by atoms with Gasteiger partial charge in [-0.15, -0.1) is 0 Å². The highest BCUT2D eigenvalue weighted by atomic mass is 16.2. The van der Waals surface area contributed by atoms with Crippen molar-refractivity contribution in [1.82, 2.24) is 20.2 Å². The van der Waals surface area contributed by atoms with Crippen molar-refractivity contribution in [1.29, 1.82) is 0 Å². The van der Waals surface area contributed by atoms with E-state index in [2.05, 4.69) is 15.3 Å². The molecule has 1 aromatic heterocycles. The number of aromatic amines is 1. The summed E-state index contributed by atoms with van der Waals surface area (Å²) in [7, 11) is 0. The molecule has 1 aliphatic heterocycles. The number of carbonyl (C=O) groups excluding carboxylic acids is 1. The molecule has 0 unspecified atom stereocenters. The molecule has 0 spiro atoms. The van der Waals surface area contributed by atoms with Crippen LogP contribution >= 0.6 is 0 Å². The van der Waals surface area contributed by atoms with Crippen LogP contribution in [0.4, 0.5) is 0 Å². The van der Waals surface area contributed by atoms with Gasteiger partial charge in [0.1, 0.15) is 5.69 Å². The van der Waals surface area contributed by atoms with Gasteiger partial charge in [-0.1, -0.05) is 0 Å². The predicted octanol–water partition coefficient (Wildman–Crippen LogP) is 1.01. The van der Waals surface area contributed by atoms with E-state index in [4.69, 9.17) is 0 Å². The van der Waals surface area contributed by atoms with Gasteiger partial charge in [0.25, 0.3) is 5.91 Å². The molecule has 5 heteroatoms. The summed E-state index contributed by atoms with van der Waals surface area (Å²) in [6, 6.07) is 0.594. The smallest absolute Gasteiger partial charge is 0.271 e. The number of piperidine rings is 1. The lowest BCUT2D eigenvalue weighted by atomic mass is 10.0. The first kappa shape index (κ1) is 11.7. The van der Waals surface area contributed by atoms with Gasteiger partial charge >= 0.3 is 0 Å². The van der Waals surface area contributed by atoms with Crippen LogP contribution in [-0.2, 0) is 0 Å². The van der Waals surface area contributed by atoms with E-state index in [-0.39, 0.29) is 5.91 Å². The average molecular weight is 248 g/mol. The molecule has 1 aromatic rings. The highest BCUT2D eigenvalue weighted by molar-refractivity contribution is 5.92. The van der Waals surface area contributed by atoms with Crippen LogP contribution in [0.2, 0.25) is 0 Å². The summed E-state index contributed by atoms with van der Waals surface area (Å²) in [4.78, 5) is 20.8. The van der Waals surface area contributed by atoms with Crippen molar-refractivity contribution in [3.8, 4) is 0 Å². The van der Waals surface area contributed by atoms with E-state index in [1.165, 1.54) is 19.4 Å². The Morgan fingerprint density at radius 2 is 2.17 bits per heavy atom. The minimum atomic E-state index is 0.0770. The summed E-state index contributed by atoms with van der Waals surface area (Å²) < 4.78 is 0. The zero-order valence-electron chi connectivity index (χ0n) is 10.6. The van der Waals surface area contributed by atoms with Crippen molar-refractivity contribution < 1.29 is 4.79 Å². The summed E-state index contributed by atoms with van der Waals surface area (Å²) >= 11 is 0. The van der Waals surface area contributed by atoms with Gasteiger partial charge in [-0.25, -0.2) is 4.98 Å². The molecule has 18 heavy (non-hydrogen) atoms. The number of hydrogen-bond acceptors (Lipinski definition) is 3. The number of imidazole rings is 1. The molecular formula is C13H20N4O. The zero-order valence-corrected chi connectivity index (χ0v) is 10.6. The van der Waals surface area contributed by atoms with E-state index in [1.54, 1.807) is 12.5 Å². The van der Waals surface area contributed by atoms with Crippen LogP contribution in [0.5, 0.6) is 0 Å². The topological polar surface area (TPSA) is 61.0 Å². The Bertz CT molecular complexity index is 391. The Balaban J connectivity index is 1.45. The second-order valence-electron chi connectivity index (χ2n) is 5.38. The Kier molecular flexibility index (Phi) is 3.32. The van der Waals surface area contributed by atoms with Crippen molar-refractivity contribution in [2.45, 2.75) is 31.7 Å². The van der Waals surface area contributed by atoms with E-state index in [0.29, 0.717) is 11.7 Å². The van der Waals surface area contributed by atoms with E-state index in [9.17, 15) is 4.79 Å². The molecule has 0 bridgehead atoms. The van der Waals surface area contributed by atoms with Gasteiger partial charge in [0.2, 0.25) is 0 Å². The van der Waals surface area contributed by atoms with Crippen LogP contribution in [0, 0.1) is 5.92 Å². The van der Waals surface area contributed by atoms with Gasteiger partial charge in [-0.05, 0) is 38.1 Å². The normalized spacial score (nSPS) is 21.2. The lowest BCUT2D eigenvalue weighted by Crippen LogP contribution is -2.45. The predicted molar refractivity (Wildman–Crippen MR) is 68.2 cm³/mol. The number of H-pyrrole nitrogens is 1. The monoisotopic (exact) mass is 248 g/mol. The molecule has 1 saturated carbocycles. The van der Waals surface area contributed by atoms with Crippen molar-refractivity contribution in [2.75, 3.05) is 19.6 Å². The Labute approximate surface area is 107 Å². The number of nitrogens with one attached hydrogen (secondary N) is 2. The fourth-order valence-electron chi connectivity index (χ4n) is 2.49. The third kappa shape index (κ3) is 2.72. The van der Waals surface area contributed by atoms with Gasteiger partial charge in [-0.2, -0.15) is 0 Å². The SMILES string of the molecule is O=C(c1cnc[nH]1)N1CCC(NCC2CC2)CC1. The van der Waals surface area contributed by atoms with Crippen molar-refractivity contribution in [3.63, 3.8) is 0 Å². The third-order valence-corrected chi connectivity index (χ3v) is 3.90. The number of rotatable bonds is 4. The van der Waals surface area contributed by atoms with Crippen LogP contribution in [0.25, 0.3) is 0 Å². The molecule has 1 aliphatic carbocycles. The van der Waals surface area contributed by atoms with Gasteiger partial charge in [0.15, 0.2) is 0 Å². The maximum Gasteiger partial charge on any atom is 0.271 e. The minimum absolute atomic E-state index is 0.0770. The van der Waals surface area contributed by atoms with Crippen molar-refractivity contribution >= 4 is 5.91 Å². The molecule has 2 N–H and O–H groups in total. The number of amides is 1. The molecule has 2 aliphatic rings. The van der Waals surface area contributed by atoms with Crippen LogP contribution in [-0.4, -0.2) is 46.5 Å². The molecule has 2 heterocycles. The first-order chi connectivity index (χ1) is 8.83. The van der Waals surface area contributed by atoms with E-state index >= 15 is 0 Å². The lowest BCUT2D eigenvalue weighted by molar-refractivity contribution is 0.0699. The molecule has 5 nitrogen and oxygen atoms in total. The Morgan fingerprint density at radius 3 is 2.78 bits per heavy atom. The second-order valence-corrected chi connectivity index (χ2v) is 5.38. The summed E-state index contributed by atoms with van der Waals surface area (Å²) in [5, 5.41) is 3.62. The number of carbonyl (C=O) groups is 1. The van der Waals surface area contributed by atoms with Crippen LogP contribution < -0.4 is 5.32 Å². The first-order valence-corrected chi connectivity index (χ1v) is 6.84. The average Bonchev–Trinajstić information content (AvgIpc) is 3.08. The van der Waals surface area contributed by atoms with Gasteiger partial charge in [0.05, 0.1) is 12.5 Å². The van der Waals surface area contributed by atoms with E-state index < -0.39 is 0 Å². The summed E-state index contributed by atoms with van der Waals surface area (Å²) in [6.45, 7) is 2.86. The van der Waals surface area contributed by atoms with Crippen LogP contribution in [0.1, 0.15) is 36.2 Å².